The Morgan fingerprint density at radius 3 is 1.15 bits per heavy atom. The molecule has 3 saturated heterocycles. The van der Waals surface area contributed by atoms with Gasteiger partial charge < -0.3 is 117 Å². The van der Waals surface area contributed by atoms with E-state index in [1.807, 2.05) is 0 Å². The number of anilines is 3. The monoisotopic (exact) mass is 2170 g/mol. The molecule has 3 aliphatic rings. The van der Waals surface area contributed by atoms with Crippen molar-refractivity contribution < 1.29 is 183 Å². The SMILES string of the molecule is CCOC(=O)C(OC[C@H]1O[C@@H](n2cnc3c(N(C(=O)OC(C)(C)C)C(=O)OC(C)(C)C)nc(Cl)nc32)[C@H](OC(=O)OC(C)(C)C)[C@@H]1C)C(C)=O.CCOC(=O)CBr.CCOC(=O)CC(OC[C@H]1O[C@@H](n2cnc3c(N(C(=O)OC(C)(C)C)C(=O)OC(C)(C)C)nc(Cl)nc32)[C@H](OC(=O)OC(C)(C)C)[C@@H]1C)(C(C)=O)C(=O)OCC.Nc1nc(Cl)nc2c1ncn2[C@@H]1O[C@H](COC(CC(=O)O)(C(=O)O)C(=O)O)[C@@H](O)[C@H]1O. The van der Waals surface area contributed by atoms with E-state index < -0.39 is 245 Å². The summed E-state index contributed by atoms with van der Waals surface area (Å²) in [6.45, 7) is 40.0. The quantitative estimate of drug-likeness (QED) is 0.00774. The highest BCUT2D eigenvalue weighted by molar-refractivity contribution is 9.09. The fourth-order valence-electron chi connectivity index (χ4n) is 13.2. The number of amides is 4. The Balaban J connectivity index is 0.000000330. The zero-order valence-electron chi connectivity index (χ0n) is 83.9. The molecule has 0 aromatic carbocycles. The number of aliphatic hydroxyl groups is 2. The van der Waals surface area contributed by atoms with Gasteiger partial charge in [-0.2, -0.15) is 39.7 Å². The maximum absolute atomic E-state index is 13.5. The highest BCUT2D eigenvalue weighted by atomic mass is 79.9. The van der Waals surface area contributed by atoms with Crippen molar-refractivity contribution in [1.29, 1.82) is 0 Å². The Morgan fingerprint density at radius 2 is 0.799 bits per heavy atom. The van der Waals surface area contributed by atoms with Crippen molar-refractivity contribution in [3.63, 3.8) is 0 Å². The number of aromatic nitrogens is 12. The number of nitrogens with zero attached hydrogens (tertiary/aromatic N) is 14. The smallest absolute Gasteiger partial charge is 0.481 e. The predicted octanol–water partition coefficient (Wildman–Crippen LogP) is 10.4. The fourth-order valence-corrected chi connectivity index (χ4v) is 13.9. The molecule has 7 N–H and O–H groups in total. The number of aliphatic carboxylic acids is 3. The van der Waals surface area contributed by atoms with Crippen LogP contribution < -0.4 is 15.5 Å². The van der Waals surface area contributed by atoms with Crippen LogP contribution in [0.3, 0.4) is 0 Å². The molecule has 57 heteroatoms. The van der Waals surface area contributed by atoms with E-state index in [1.54, 1.807) is 159 Å². The van der Waals surface area contributed by atoms with Crippen molar-refractivity contribution in [3.05, 3.63) is 34.8 Å². The fraction of sp³-hybridized carbons (Fsp3) is 0.655. The van der Waals surface area contributed by atoms with Crippen LogP contribution in [0.15, 0.2) is 19.0 Å². The summed E-state index contributed by atoms with van der Waals surface area (Å²) in [4.78, 5) is 226. The molecule has 800 valence electrons. The maximum atomic E-state index is 13.5. The third kappa shape index (κ3) is 32.6. The van der Waals surface area contributed by atoms with Crippen molar-refractivity contribution in [3.8, 4) is 0 Å². The van der Waals surface area contributed by atoms with Gasteiger partial charge in [0.15, 0.2) is 87.9 Å². The Hall–Kier alpha value is -11.9. The summed E-state index contributed by atoms with van der Waals surface area (Å²) in [7, 11) is 0. The Kier molecular flexibility index (Phi) is 41.8. The van der Waals surface area contributed by atoms with Crippen LogP contribution in [-0.4, -0.2) is 319 Å². The van der Waals surface area contributed by atoms with Crippen LogP contribution in [0.1, 0.15) is 212 Å². The van der Waals surface area contributed by atoms with Crippen LogP contribution in [0.5, 0.6) is 0 Å². The van der Waals surface area contributed by atoms with Crippen molar-refractivity contribution >= 4 is 192 Å². The largest absolute Gasteiger partial charge is 0.509 e. The lowest BCUT2D eigenvalue weighted by molar-refractivity contribution is -0.194. The van der Waals surface area contributed by atoms with Gasteiger partial charge in [0.1, 0.15) is 62.8 Å². The summed E-state index contributed by atoms with van der Waals surface area (Å²) < 4.78 is 103. The first-order valence-electron chi connectivity index (χ1n) is 44.3. The van der Waals surface area contributed by atoms with Crippen molar-refractivity contribution in [2.24, 2.45) is 11.8 Å². The van der Waals surface area contributed by atoms with Crippen molar-refractivity contribution in [1.82, 2.24) is 58.6 Å². The summed E-state index contributed by atoms with van der Waals surface area (Å²) in [5, 5.41) is 47.3. The number of carbonyl (C=O) groups excluding carboxylic acids is 12. The lowest BCUT2D eigenvalue weighted by atomic mass is 9.94. The van der Waals surface area contributed by atoms with Gasteiger partial charge in [-0.05, 0) is 201 Å². The third-order valence-corrected chi connectivity index (χ3v) is 20.3. The Labute approximate surface area is 847 Å². The Morgan fingerprint density at radius 1 is 0.451 bits per heavy atom. The van der Waals surface area contributed by atoms with Gasteiger partial charge in [0, 0.05) is 11.8 Å². The highest BCUT2D eigenvalue weighted by Crippen LogP contribution is 2.44. The van der Waals surface area contributed by atoms with Crippen LogP contribution in [0.25, 0.3) is 33.5 Å². The lowest BCUT2D eigenvalue weighted by Gasteiger charge is -2.30. The molecular formula is C87H121BrCl3N15O38. The molecule has 14 atom stereocenters. The number of nitrogen functional groups attached to an aromatic ring is 1. The summed E-state index contributed by atoms with van der Waals surface area (Å²) >= 11 is 21.5. The number of ketones is 2. The number of carbonyl (C=O) groups is 15. The normalized spacial score (nSPS) is 20.2. The van der Waals surface area contributed by atoms with E-state index in [0.717, 1.165) is 6.92 Å². The molecule has 0 radical (unpaired) electrons. The van der Waals surface area contributed by atoms with Gasteiger partial charge in [0.2, 0.25) is 27.6 Å². The molecule has 0 spiro atoms. The number of fused-ring (bicyclic) bond motifs is 3. The van der Waals surface area contributed by atoms with E-state index in [9.17, 15) is 92.3 Å². The summed E-state index contributed by atoms with van der Waals surface area (Å²) in [6.07, 6.45) is -19.3. The van der Waals surface area contributed by atoms with Gasteiger partial charge in [0.25, 0.3) is 5.60 Å². The van der Waals surface area contributed by atoms with Crippen LogP contribution >= 0.6 is 50.7 Å². The summed E-state index contributed by atoms with van der Waals surface area (Å²) in [6, 6.07) is 0. The standard InChI is InChI=1S/C36H52ClN5O14.C32H46ClN5O12.C15H16ClN5O10.C4H7BrO2/c1-14-49-22(44)16-36(20(4)43,28(45)50-15-2)51-17-21-19(3)24(53-32(48)56-35(11,12)13)27(52-21)41-18-38-23-25(41)39-29(37)40-26(23)42(30(46)54-33(5,6)7)31(47)55-34(8,9)10;1-13-44-25(40)21(17(3)39)45-14-18-16(2)20(47-29(43)50-32(10,11)12)24(46-18)37-15-34-19-22(37)35-26(33)36-23(19)38(27(41)48-30(4,5)6)28(42)49-31(7,8)9;16-14-19-9(17)6-10(20-14)21(3-18-6)11-8(25)7(24)4(31-11)2-30-15(12(26)27,13(28)29)1-5(22)23;1-2-7-4(6)3-5/h18-19,21,24,27H,14-17H2,1-13H3;15-16,18,20-21,24H,13-14H2,1-12H3;3-4,7-8,11,24-25H,1-2H2,(H,22,23)(H,26,27)(H,28,29)(H2,17,19,20);2-3H2,1H3/t19-,21-,24-,27-,36?;16-,18-,20-,21?,24-;4-,7-,8-,11-;/m111./s1. The number of Topliss-reactive ketones (excluding diaryl/α,β-unsaturated/α-hetero) is 2. The van der Waals surface area contributed by atoms with Gasteiger partial charge in [-0.1, -0.05) is 29.8 Å². The number of nitrogens with two attached hydrogens (primary N) is 1. The van der Waals surface area contributed by atoms with Crippen LogP contribution in [0.2, 0.25) is 15.9 Å². The molecular weight excluding hydrogens is 2050 g/mol. The minimum absolute atomic E-state index is 0.0226. The third-order valence-electron chi connectivity index (χ3n) is 19.4. The van der Waals surface area contributed by atoms with E-state index in [4.69, 9.17) is 126 Å². The lowest BCUT2D eigenvalue weighted by Crippen LogP contribution is -2.52. The van der Waals surface area contributed by atoms with E-state index in [-0.39, 0.29) is 88.1 Å². The summed E-state index contributed by atoms with van der Waals surface area (Å²) in [5.41, 5.74) is -5.92. The summed E-state index contributed by atoms with van der Waals surface area (Å²) in [5.74, 6) is -12.5. The molecule has 6 aromatic heterocycles. The second-order valence-electron chi connectivity index (χ2n) is 37.8. The average Bonchev–Trinajstić information content (AvgIpc) is 1.60. The molecule has 3 aliphatic heterocycles. The highest BCUT2D eigenvalue weighted by Gasteiger charge is 2.56. The number of imide groups is 2. The molecule has 9 rings (SSSR count). The van der Waals surface area contributed by atoms with E-state index in [1.165, 1.54) is 46.5 Å². The van der Waals surface area contributed by atoms with Crippen LogP contribution in [0, 0.1) is 11.8 Å². The zero-order valence-corrected chi connectivity index (χ0v) is 87.7. The molecule has 6 aromatic rings. The number of halogens is 4. The molecule has 0 aliphatic carbocycles. The van der Waals surface area contributed by atoms with E-state index in [0.29, 0.717) is 21.7 Å². The van der Waals surface area contributed by atoms with E-state index in [2.05, 4.69) is 65.5 Å². The van der Waals surface area contributed by atoms with Gasteiger partial charge in [-0.15, -0.1) is 0 Å². The van der Waals surface area contributed by atoms with Gasteiger partial charge in [0.05, 0.1) is 90.3 Å². The number of esters is 4. The number of hydrogen-bond acceptors (Lipinski definition) is 45. The second kappa shape index (κ2) is 49.8. The zero-order chi connectivity index (χ0) is 109. The van der Waals surface area contributed by atoms with Crippen molar-refractivity contribution in [2.75, 3.05) is 67.1 Å². The number of alkyl halides is 1. The van der Waals surface area contributed by atoms with Crippen molar-refractivity contribution in [2.45, 2.75) is 305 Å². The number of ether oxygens (including phenoxy) is 18. The molecule has 144 heavy (non-hydrogen) atoms. The minimum atomic E-state index is -3.13. The maximum Gasteiger partial charge on any atom is 0.509 e. The average molecular weight is 2170 g/mol. The molecule has 0 saturated carbocycles. The topological polar surface area (TPSA) is 687 Å². The number of rotatable bonds is 31. The number of carboxylic acid groups (broad SMARTS) is 3. The molecule has 9 heterocycles. The van der Waals surface area contributed by atoms with Gasteiger partial charge in [-0.3, -0.25) is 37.7 Å². The number of carboxylic acids is 3. The molecule has 4 amide bonds. The molecule has 2 unspecified atom stereocenters. The number of hydrogen-bond donors (Lipinski definition) is 6. The van der Waals surface area contributed by atoms with Gasteiger partial charge >= 0.3 is 78.5 Å². The first-order valence-corrected chi connectivity index (χ1v) is 46.6. The molecule has 0 bridgehead atoms. The predicted molar refractivity (Wildman–Crippen MR) is 501 cm³/mol. The first-order chi connectivity index (χ1) is 66.4. The number of aliphatic hydroxyl groups excluding tert-OH is 2. The van der Waals surface area contributed by atoms with Crippen LogP contribution in [0.4, 0.5) is 46.2 Å². The first kappa shape index (κ1) is 121. The second-order valence-corrected chi connectivity index (χ2v) is 39.4. The van der Waals surface area contributed by atoms with Gasteiger partial charge in [-0.25, -0.2) is 62.9 Å². The van der Waals surface area contributed by atoms with E-state index >= 15 is 0 Å². The molecule has 3 fully saturated rings. The Bertz CT molecular complexity index is 5580. The van der Waals surface area contributed by atoms with Crippen LogP contribution in [-0.2, 0) is 128 Å². The molecule has 53 nitrogen and oxygen atoms in total. The number of imidazole rings is 3. The minimum Gasteiger partial charge on any atom is -0.481 e.